The van der Waals surface area contributed by atoms with Crippen LogP contribution >= 0.6 is 11.6 Å². The number of aliphatic imine (C=N–C) groups is 1. The van der Waals surface area contributed by atoms with Crippen LogP contribution in [0.3, 0.4) is 0 Å². The van der Waals surface area contributed by atoms with Crippen LogP contribution in [-0.2, 0) is 14.2 Å². The Bertz CT molecular complexity index is 1540. The Balaban J connectivity index is 0.986. The molecule has 248 valence electrons. The molecule has 0 spiro atoms. The molecule has 0 bridgehead atoms. The predicted molar refractivity (Wildman–Crippen MR) is 177 cm³/mol. The largest absolute Gasteiger partial charge is 0.491 e. The highest BCUT2D eigenvalue weighted by Crippen LogP contribution is 2.34. The van der Waals surface area contributed by atoms with Crippen molar-refractivity contribution in [2.75, 3.05) is 64.2 Å². The van der Waals surface area contributed by atoms with Crippen molar-refractivity contribution in [3.05, 3.63) is 93.4 Å². The normalized spacial score (nSPS) is 16.9. The van der Waals surface area contributed by atoms with Crippen LogP contribution in [0.25, 0.3) is 0 Å². The quantitative estimate of drug-likeness (QED) is 0.101. The highest BCUT2D eigenvalue weighted by Gasteiger charge is 2.47. The molecule has 2 atom stereocenters. The summed E-state index contributed by atoms with van der Waals surface area (Å²) in [5, 5.41) is 21.6. The van der Waals surface area contributed by atoms with Gasteiger partial charge in [-0.2, -0.15) is 0 Å². The third kappa shape index (κ3) is 9.07. The van der Waals surface area contributed by atoms with Crippen molar-refractivity contribution < 1.29 is 38.7 Å². The number of benzene rings is 3. The van der Waals surface area contributed by atoms with Crippen LogP contribution in [0.15, 0.2) is 71.7 Å². The first-order valence-corrected chi connectivity index (χ1v) is 15.8. The van der Waals surface area contributed by atoms with Crippen molar-refractivity contribution in [2.45, 2.75) is 19.3 Å². The molecule has 5 rings (SSSR count). The van der Waals surface area contributed by atoms with Gasteiger partial charge in [-0.05, 0) is 54.9 Å². The molecule has 0 aromatic heterocycles. The topological polar surface area (TPSA) is 154 Å². The van der Waals surface area contributed by atoms with E-state index in [1.807, 2.05) is 54.3 Å². The molecule has 4 N–H and O–H groups in total. The van der Waals surface area contributed by atoms with E-state index in [0.29, 0.717) is 81.1 Å². The summed E-state index contributed by atoms with van der Waals surface area (Å²) in [4.78, 5) is 32.4. The maximum Gasteiger partial charge on any atom is 0.488 e. The van der Waals surface area contributed by atoms with Crippen LogP contribution in [0, 0.1) is 4.91 Å². The van der Waals surface area contributed by atoms with Crippen molar-refractivity contribution >= 4 is 41.5 Å². The molecule has 2 unspecified atom stereocenters. The number of halogens is 1. The zero-order chi connectivity index (χ0) is 33.2. The number of nitroso groups, excluding NO2 is 1. The number of nitrogens with one attached hydrogen (secondary N) is 2. The van der Waals surface area contributed by atoms with Gasteiger partial charge in [-0.25, -0.2) is 0 Å². The van der Waals surface area contributed by atoms with Gasteiger partial charge in [0.2, 0.25) is 0 Å². The molecule has 1 saturated heterocycles. The van der Waals surface area contributed by atoms with E-state index in [4.69, 9.17) is 45.6 Å². The summed E-state index contributed by atoms with van der Waals surface area (Å²) in [6.45, 7) is 5.19. The van der Waals surface area contributed by atoms with E-state index in [-0.39, 0.29) is 12.1 Å². The Morgan fingerprint density at radius 3 is 2.32 bits per heavy atom. The molecule has 15 heteroatoms. The molecule has 3 aromatic carbocycles. The van der Waals surface area contributed by atoms with Crippen LogP contribution in [0.2, 0.25) is 5.02 Å². The van der Waals surface area contributed by atoms with Gasteiger partial charge in [-0.3, -0.25) is 14.7 Å². The summed E-state index contributed by atoms with van der Waals surface area (Å²) in [5.41, 5.74) is 7.09. The number of anilines is 1. The highest BCUT2D eigenvalue weighted by molar-refractivity contribution is 6.58. The van der Waals surface area contributed by atoms with Gasteiger partial charge in [-0.15, -0.1) is 5.43 Å². The molecule has 3 aromatic rings. The lowest BCUT2D eigenvalue weighted by Crippen LogP contribution is -2.39. The molecule has 0 aliphatic carbocycles. The minimum atomic E-state index is -1.57. The van der Waals surface area contributed by atoms with Gasteiger partial charge in [0.05, 0.1) is 55.9 Å². The van der Waals surface area contributed by atoms with E-state index in [1.165, 1.54) is 24.3 Å². The monoisotopic (exact) mass is 666 g/mol. The van der Waals surface area contributed by atoms with Gasteiger partial charge >= 0.3 is 13.3 Å². The number of hydrazine groups is 1. The van der Waals surface area contributed by atoms with Gasteiger partial charge in [-0.1, -0.05) is 35.9 Å². The number of carbonyl (C=O) groups is 1. The van der Waals surface area contributed by atoms with E-state index < -0.39 is 13.3 Å². The maximum absolute atomic E-state index is 12.6. The summed E-state index contributed by atoms with van der Waals surface area (Å²) in [5.74, 6) is 0.392. The number of nitrogens with zero attached hydrogens (tertiary/aromatic N) is 3. The van der Waals surface area contributed by atoms with E-state index in [1.54, 1.807) is 0 Å². The van der Waals surface area contributed by atoms with E-state index >= 15 is 0 Å². The average Bonchev–Trinajstić information content (AvgIpc) is 3.24. The number of hydrogen-bond acceptors (Lipinski definition) is 10. The Morgan fingerprint density at radius 1 is 0.979 bits per heavy atom. The second kappa shape index (κ2) is 16.7. The van der Waals surface area contributed by atoms with Crippen LogP contribution < -0.4 is 25.8 Å². The predicted octanol–water partition coefficient (Wildman–Crippen LogP) is 1.51. The molecule has 0 saturated carbocycles. The summed E-state index contributed by atoms with van der Waals surface area (Å²) in [7, 11) is -1.57. The molecule has 1 amide bonds. The minimum Gasteiger partial charge on any atom is -0.491 e. The number of amides is 1. The van der Waals surface area contributed by atoms with E-state index in [0.717, 1.165) is 27.4 Å². The van der Waals surface area contributed by atoms with Gasteiger partial charge < -0.3 is 34.3 Å². The van der Waals surface area contributed by atoms with Crippen LogP contribution in [0.1, 0.15) is 28.4 Å². The zero-order valence-electron chi connectivity index (χ0n) is 26.0. The smallest absolute Gasteiger partial charge is 0.488 e. The second-order valence-electron chi connectivity index (χ2n) is 10.8. The maximum atomic E-state index is 12.6. The lowest BCUT2D eigenvalue weighted by Gasteiger charge is -2.23. The van der Waals surface area contributed by atoms with Gasteiger partial charge in [0.15, 0.2) is 6.17 Å². The number of fused-ring (bicyclic) bond motifs is 3. The molecular weight excluding hydrogens is 629 g/mol. The van der Waals surface area contributed by atoms with Crippen LogP contribution in [0.4, 0.5) is 5.69 Å². The Labute approximate surface area is 278 Å². The second-order valence-corrected chi connectivity index (χ2v) is 11.3. The van der Waals surface area contributed by atoms with Crippen molar-refractivity contribution in [3.63, 3.8) is 0 Å². The van der Waals surface area contributed by atoms with Crippen molar-refractivity contribution in [1.82, 2.24) is 10.7 Å². The fraction of sp³-hybridized carbons (Fsp3) is 0.375. The lowest BCUT2D eigenvalue weighted by atomic mass is 9.80. The fourth-order valence-electron chi connectivity index (χ4n) is 5.27. The molecule has 2 heterocycles. The molecular formula is C32H38BClN5O8+. The highest BCUT2D eigenvalue weighted by atomic mass is 35.5. The number of rotatable bonds is 16. The zero-order valence-corrected chi connectivity index (χ0v) is 26.8. The van der Waals surface area contributed by atoms with Gasteiger partial charge in [0.25, 0.3) is 5.91 Å². The lowest BCUT2D eigenvalue weighted by molar-refractivity contribution is -0.617. The summed E-state index contributed by atoms with van der Waals surface area (Å²) in [6.07, 6.45) is -0.658. The molecule has 0 radical (unpaired) electrons. The fourth-order valence-corrected chi connectivity index (χ4v) is 5.40. The Kier molecular flexibility index (Phi) is 12.2. The SMILES string of the molecule is CC1N[N+](=O)C2CN=C(c3ccc(Cl)cc3)c3cc(OCCOCCOCCOCCNC(=O)c4ccc(B(O)O)cc4)ccc3N12. The Morgan fingerprint density at radius 2 is 1.64 bits per heavy atom. The van der Waals surface area contributed by atoms with Crippen molar-refractivity contribution in [2.24, 2.45) is 4.99 Å². The van der Waals surface area contributed by atoms with Gasteiger partial charge in [0.1, 0.15) is 23.8 Å². The third-order valence-electron chi connectivity index (χ3n) is 7.60. The summed E-state index contributed by atoms with van der Waals surface area (Å²) < 4.78 is 22.7. The standard InChI is InChI=1S/C32H37BClN5O8/c1-22-37-39(43)30-21-36-31(23-4-8-26(34)9-5-23)28-20-27(10-11-29(28)38(22)30)47-19-18-46-17-16-45-15-14-44-13-12-35-32(40)24-2-6-25(7-3-24)33(41)42/h2-11,20,22,30,41-42H,12-19,21H2,1H3,(H-,35,37,40,43)/p+1. The van der Waals surface area contributed by atoms with E-state index in [2.05, 4.69) is 10.7 Å². The first kappa shape index (κ1) is 34.3. The van der Waals surface area contributed by atoms with Crippen LogP contribution in [0.5, 0.6) is 5.75 Å². The first-order valence-electron chi connectivity index (χ1n) is 15.4. The van der Waals surface area contributed by atoms with E-state index in [9.17, 15) is 9.70 Å². The van der Waals surface area contributed by atoms with Gasteiger partial charge in [0, 0.05) is 28.3 Å². The van der Waals surface area contributed by atoms with Crippen molar-refractivity contribution in [3.8, 4) is 5.75 Å². The average molecular weight is 667 g/mol. The molecule has 2 aliphatic rings. The third-order valence-corrected chi connectivity index (χ3v) is 7.85. The molecule has 13 nitrogen and oxygen atoms in total. The van der Waals surface area contributed by atoms with Crippen LogP contribution in [-0.4, -0.2) is 105 Å². The Hall–Kier alpha value is -4.05. The molecule has 1 fully saturated rings. The number of ether oxygens (including phenoxy) is 4. The number of hydrogen-bond donors (Lipinski definition) is 4. The first-order chi connectivity index (χ1) is 22.8. The molecule has 47 heavy (non-hydrogen) atoms. The minimum absolute atomic E-state index is 0.196. The van der Waals surface area contributed by atoms with Crippen molar-refractivity contribution in [1.29, 1.82) is 0 Å². The summed E-state index contributed by atoms with van der Waals surface area (Å²) in [6, 6.07) is 19.3. The summed E-state index contributed by atoms with van der Waals surface area (Å²) >= 11 is 6.13. The number of carbonyl (C=O) groups excluding carboxylic acids is 1. The molecule has 2 aliphatic heterocycles.